The molecule has 0 fully saturated rings. The molecule has 2 aromatic heterocycles. The molecule has 0 amide bonds. The van der Waals surface area contributed by atoms with E-state index in [1.807, 2.05) is 24.5 Å². The van der Waals surface area contributed by atoms with Crippen LogP contribution in [-0.2, 0) is 19.4 Å². The first-order valence-electron chi connectivity index (χ1n) is 5.89. The molecule has 0 aromatic carbocycles. The van der Waals surface area contributed by atoms with Crippen LogP contribution in [0.4, 0.5) is 0 Å². The van der Waals surface area contributed by atoms with Crippen molar-refractivity contribution in [3.63, 3.8) is 0 Å². The van der Waals surface area contributed by atoms with E-state index in [4.69, 9.17) is 5.10 Å². The normalized spacial score (nSPS) is 14.1. The summed E-state index contributed by atoms with van der Waals surface area (Å²) in [7, 11) is 0. The van der Waals surface area contributed by atoms with Crippen molar-refractivity contribution in [3.05, 3.63) is 35.8 Å². The van der Waals surface area contributed by atoms with Crippen molar-refractivity contribution in [1.82, 2.24) is 14.8 Å². The summed E-state index contributed by atoms with van der Waals surface area (Å²) in [5.74, 6) is 0. The molecule has 0 spiro atoms. The van der Waals surface area contributed by atoms with Crippen LogP contribution in [0, 0.1) is 0 Å². The Kier molecular flexibility index (Phi) is 2.24. The molecule has 82 valence electrons. The van der Waals surface area contributed by atoms with Crippen LogP contribution >= 0.6 is 0 Å². The highest BCUT2D eigenvalue weighted by atomic mass is 15.3. The minimum atomic E-state index is 0.966. The van der Waals surface area contributed by atoms with Gasteiger partial charge in [-0.2, -0.15) is 5.10 Å². The van der Waals surface area contributed by atoms with Crippen LogP contribution in [0.1, 0.15) is 24.6 Å². The highest BCUT2D eigenvalue weighted by Crippen LogP contribution is 2.31. The molecule has 3 nitrogen and oxygen atoms in total. The van der Waals surface area contributed by atoms with E-state index < -0.39 is 0 Å². The zero-order valence-corrected chi connectivity index (χ0v) is 9.48. The van der Waals surface area contributed by atoms with E-state index in [1.54, 1.807) is 0 Å². The molecule has 0 aliphatic heterocycles. The van der Waals surface area contributed by atoms with Gasteiger partial charge in [-0.25, -0.2) is 0 Å². The Morgan fingerprint density at radius 2 is 2.06 bits per heavy atom. The van der Waals surface area contributed by atoms with Crippen molar-refractivity contribution < 1.29 is 0 Å². The fourth-order valence-corrected chi connectivity index (χ4v) is 2.51. The van der Waals surface area contributed by atoms with Gasteiger partial charge in [-0.05, 0) is 38.3 Å². The molecular weight excluding hydrogens is 198 g/mol. The van der Waals surface area contributed by atoms with Gasteiger partial charge >= 0.3 is 0 Å². The van der Waals surface area contributed by atoms with Crippen molar-refractivity contribution in [2.45, 2.75) is 32.7 Å². The summed E-state index contributed by atoms with van der Waals surface area (Å²) in [6.07, 6.45) is 7.29. The number of pyridine rings is 1. The number of rotatable bonds is 2. The molecular formula is C13H15N3. The van der Waals surface area contributed by atoms with Gasteiger partial charge in [-0.3, -0.25) is 9.67 Å². The van der Waals surface area contributed by atoms with Crippen LogP contribution in [0.15, 0.2) is 24.5 Å². The van der Waals surface area contributed by atoms with Gasteiger partial charge in [0.05, 0.1) is 5.69 Å². The molecule has 3 rings (SSSR count). The maximum atomic E-state index is 4.71. The average Bonchev–Trinajstić information content (AvgIpc) is 2.91. The molecule has 0 atom stereocenters. The Bertz CT molecular complexity index is 499. The van der Waals surface area contributed by atoms with E-state index >= 15 is 0 Å². The van der Waals surface area contributed by atoms with E-state index in [0.717, 1.165) is 12.2 Å². The van der Waals surface area contributed by atoms with Crippen LogP contribution in [0.5, 0.6) is 0 Å². The Balaban J connectivity index is 2.15. The summed E-state index contributed by atoms with van der Waals surface area (Å²) in [5, 5.41) is 4.71. The Morgan fingerprint density at radius 3 is 2.81 bits per heavy atom. The second-order valence-corrected chi connectivity index (χ2v) is 4.18. The first kappa shape index (κ1) is 9.58. The second-order valence-electron chi connectivity index (χ2n) is 4.18. The minimum absolute atomic E-state index is 0.966. The number of hydrogen-bond acceptors (Lipinski definition) is 2. The van der Waals surface area contributed by atoms with Gasteiger partial charge in [0.15, 0.2) is 0 Å². The van der Waals surface area contributed by atoms with Gasteiger partial charge < -0.3 is 0 Å². The first-order chi connectivity index (χ1) is 7.90. The largest absolute Gasteiger partial charge is 0.269 e. The SMILES string of the molecule is CCn1nc(-c2ccncc2)c2c1CCC2. The van der Waals surface area contributed by atoms with E-state index in [-0.39, 0.29) is 0 Å². The second kappa shape index (κ2) is 3.74. The Hall–Kier alpha value is -1.64. The zero-order valence-electron chi connectivity index (χ0n) is 9.48. The van der Waals surface area contributed by atoms with Gasteiger partial charge in [0.2, 0.25) is 0 Å². The third-order valence-electron chi connectivity index (χ3n) is 3.26. The van der Waals surface area contributed by atoms with Crippen LogP contribution in [0.25, 0.3) is 11.3 Å². The molecule has 16 heavy (non-hydrogen) atoms. The van der Waals surface area contributed by atoms with Gasteiger partial charge in [-0.1, -0.05) is 0 Å². The highest BCUT2D eigenvalue weighted by molar-refractivity contribution is 5.64. The zero-order chi connectivity index (χ0) is 11.0. The topological polar surface area (TPSA) is 30.7 Å². The lowest BCUT2D eigenvalue weighted by molar-refractivity contribution is 0.624. The Labute approximate surface area is 95.1 Å². The molecule has 0 unspecified atom stereocenters. The maximum absolute atomic E-state index is 4.71. The summed E-state index contributed by atoms with van der Waals surface area (Å²) < 4.78 is 2.15. The molecule has 0 radical (unpaired) electrons. The lowest BCUT2D eigenvalue weighted by Crippen LogP contribution is -2.01. The number of aryl methyl sites for hydroxylation is 1. The number of fused-ring (bicyclic) bond motifs is 1. The van der Waals surface area contributed by atoms with Crippen LogP contribution in [0.2, 0.25) is 0 Å². The minimum Gasteiger partial charge on any atom is -0.269 e. The molecule has 2 aromatic rings. The third kappa shape index (κ3) is 1.35. The van der Waals surface area contributed by atoms with Gasteiger partial charge in [0.25, 0.3) is 0 Å². The van der Waals surface area contributed by atoms with E-state index in [1.165, 1.54) is 36.1 Å². The monoisotopic (exact) mass is 213 g/mol. The van der Waals surface area contributed by atoms with Crippen molar-refractivity contribution in [1.29, 1.82) is 0 Å². The lowest BCUT2D eigenvalue weighted by atomic mass is 10.1. The van der Waals surface area contributed by atoms with Gasteiger partial charge in [-0.15, -0.1) is 0 Å². The molecule has 1 aliphatic carbocycles. The van der Waals surface area contributed by atoms with Gasteiger partial charge in [0, 0.05) is 35.8 Å². The fraction of sp³-hybridized carbons (Fsp3) is 0.385. The highest BCUT2D eigenvalue weighted by Gasteiger charge is 2.22. The number of hydrogen-bond donors (Lipinski definition) is 0. The predicted octanol–water partition coefficient (Wildman–Crippen LogP) is 2.45. The summed E-state index contributed by atoms with van der Waals surface area (Å²) in [6.45, 7) is 3.12. The third-order valence-corrected chi connectivity index (χ3v) is 3.26. The van der Waals surface area contributed by atoms with Crippen LogP contribution < -0.4 is 0 Å². The number of nitrogens with zero attached hydrogens (tertiary/aromatic N) is 3. The molecule has 0 bridgehead atoms. The summed E-state index contributed by atoms with van der Waals surface area (Å²) in [6, 6.07) is 4.09. The smallest absolute Gasteiger partial charge is 0.0959 e. The van der Waals surface area contributed by atoms with Crippen molar-refractivity contribution >= 4 is 0 Å². The van der Waals surface area contributed by atoms with Crippen molar-refractivity contribution in [2.75, 3.05) is 0 Å². The predicted molar refractivity (Wildman–Crippen MR) is 63.2 cm³/mol. The molecule has 2 heterocycles. The standard InChI is InChI=1S/C13H15N3/c1-2-16-12-5-3-4-11(12)13(15-16)10-6-8-14-9-7-10/h6-9H,2-5H2,1H3. The quantitative estimate of drug-likeness (QED) is 0.767. The van der Waals surface area contributed by atoms with Crippen molar-refractivity contribution in [3.8, 4) is 11.3 Å². The fourth-order valence-electron chi connectivity index (χ4n) is 2.51. The van der Waals surface area contributed by atoms with Crippen LogP contribution in [-0.4, -0.2) is 14.8 Å². The summed E-state index contributed by atoms with van der Waals surface area (Å²) in [4.78, 5) is 4.06. The summed E-state index contributed by atoms with van der Waals surface area (Å²) in [5.41, 5.74) is 5.25. The Morgan fingerprint density at radius 1 is 1.25 bits per heavy atom. The first-order valence-corrected chi connectivity index (χ1v) is 5.89. The molecule has 1 aliphatic rings. The van der Waals surface area contributed by atoms with Gasteiger partial charge in [0.1, 0.15) is 0 Å². The average molecular weight is 213 g/mol. The summed E-state index contributed by atoms with van der Waals surface area (Å²) >= 11 is 0. The van der Waals surface area contributed by atoms with E-state index in [0.29, 0.717) is 0 Å². The maximum Gasteiger partial charge on any atom is 0.0959 e. The lowest BCUT2D eigenvalue weighted by Gasteiger charge is -1.99. The number of aromatic nitrogens is 3. The van der Waals surface area contributed by atoms with E-state index in [9.17, 15) is 0 Å². The molecule has 0 N–H and O–H groups in total. The molecule has 3 heteroatoms. The molecule has 0 saturated carbocycles. The van der Waals surface area contributed by atoms with E-state index in [2.05, 4.69) is 16.6 Å². The van der Waals surface area contributed by atoms with Crippen molar-refractivity contribution in [2.24, 2.45) is 0 Å². The molecule has 0 saturated heterocycles. The van der Waals surface area contributed by atoms with Crippen LogP contribution in [0.3, 0.4) is 0 Å².